The van der Waals surface area contributed by atoms with E-state index in [9.17, 15) is 0 Å². The first-order valence-corrected chi connectivity index (χ1v) is 6.71. The molecule has 0 aromatic heterocycles. The molecule has 0 unspecified atom stereocenters. The minimum atomic E-state index is 0.395. The Kier molecular flexibility index (Phi) is 4.82. The fraction of sp³-hybridized carbons (Fsp3) is 0.0714. The van der Waals surface area contributed by atoms with Gasteiger partial charge in [-0.2, -0.15) is 0 Å². The Morgan fingerprint density at radius 2 is 2.05 bits per heavy atom. The van der Waals surface area contributed by atoms with Crippen LogP contribution < -0.4 is 4.74 Å². The molecule has 0 radical (unpaired) electrons. The molecule has 0 saturated carbocycles. The van der Waals surface area contributed by atoms with Crippen LogP contribution in [0.15, 0.2) is 52.1 Å². The first-order valence-electron chi connectivity index (χ1n) is 5.54. The first kappa shape index (κ1) is 13.9. The second-order valence-electron chi connectivity index (χ2n) is 3.81. The summed E-state index contributed by atoms with van der Waals surface area (Å²) >= 11 is 9.47. The lowest BCUT2D eigenvalue weighted by molar-refractivity contribution is 0.304. The fourth-order valence-electron chi connectivity index (χ4n) is 1.55. The van der Waals surface area contributed by atoms with E-state index < -0.39 is 0 Å². The lowest BCUT2D eigenvalue weighted by atomic mass is 10.2. The van der Waals surface area contributed by atoms with Crippen molar-refractivity contribution in [3.63, 3.8) is 0 Å². The number of nitrogens with zero attached hydrogens (tertiary/aromatic N) is 1. The molecule has 0 aliphatic heterocycles. The minimum Gasteiger partial charge on any atom is -0.488 e. The van der Waals surface area contributed by atoms with Crippen LogP contribution in [0.2, 0.25) is 5.02 Å². The molecule has 3 nitrogen and oxygen atoms in total. The van der Waals surface area contributed by atoms with Gasteiger partial charge in [-0.1, -0.05) is 35.0 Å². The Morgan fingerprint density at radius 1 is 1.26 bits per heavy atom. The van der Waals surface area contributed by atoms with Crippen molar-refractivity contribution in [1.29, 1.82) is 0 Å². The van der Waals surface area contributed by atoms with Crippen LogP contribution in [0.25, 0.3) is 0 Å². The molecule has 0 heterocycles. The zero-order valence-electron chi connectivity index (χ0n) is 9.88. The molecule has 5 heteroatoms. The Labute approximate surface area is 124 Å². The summed E-state index contributed by atoms with van der Waals surface area (Å²) in [5, 5.41) is 12.1. The number of oxime groups is 1. The predicted octanol–water partition coefficient (Wildman–Crippen LogP) is 4.49. The van der Waals surface area contributed by atoms with Crippen LogP contribution in [0.4, 0.5) is 0 Å². The maximum atomic E-state index is 8.47. The van der Waals surface area contributed by atoms with E-state index in [0.717, 1.165) is 15.6 Å². The van der Waals surface area contributed by atoms with E-state index in [1.165, 1.54) is 6.21 Å². The van der Waals surface area contributed by atoms with Crippen molar-refractivity contribution < 1.29 is 9.94 Å². The molecule has 2 aromatic carbocycles. The van der Waals surface area contributed by atoms with Crippen molar-refractivity contribution in [3.05, 3.63) is 63.1 Å². The number of hydrogen-bond donors (Lipinski definition) is 1. The van der Waals surface area contributed by atoms with Gasteiger partial charge < -0.3 is 9.94 Å². The van der Waals surface area contributed by atoms with Gasteiger partial charge in [-0.05, 0) is 45.8 Å². The highest BCUT2D eigenvalue weighted by atomic mass is 79.9. The monoisotopic (exact) mass is 339 g/mol. The normalized spacial score (nSPS) is 10.8. The number of rotatable bonds is 4. The second kappa shape index (κ2) is 6.59. The fourth-order valence-corrected chi connectivity index (χ4v) is 2.25. The third-order valence-corrected chi connectivity index (χ3v) is 3.49. The van der Waals surface area contributed by atoms with Crippen LogP contribution in [0.3, 0.4) is 0 Å². The minimum absolute atomic E-state index is 0.395. The Bertz CT molecular complexity index is 602. The van der Waals surface area contributed by atoms with E-state index in [4.69, 9.17) is 21.5 Å². The molecule has 0 aliphatic carbocycles. The van der Waals surface area contributed by atoms with Gasteiger partial charge in [0.25, 0.3) is 0 Å². The standard InChI is InChI=1S/C14H11BrClNO2/c15-12-7-10(8-17-18)5-6-14(12)19-9-11-3-1-2-4-13(11)16/h1-8,18H,9H2/b17-8+. The summed E-state index contributed by atoms with van der Waals surface area (Å²) in [6.45, 7) is 0.395. The summed E-state index contributed by atoms with van der Waals surface area (Å²) in [6.07, 6.45) is 1.35. The number of ether oxygens (including phenoxy) is 1. The van der Waals surface area contributed by atoms with Crippen molar-refractivity contribution in [2.24, 2.45) is 5.16 Å². The van der Waals surface area contributed by atoms with Crippen molar-refractivity contribution in [1.82, 2.24) is 0 Å². The topological polar surface area (TPSA) is 41.8 Å². The molecule has 0 spiro atoms. The van der Waals surface area contributed by atoms with Gasteiger partial charge in [-0.25, -0.2) is 0 Å². The Hall–Kier alpha value is -1.52. The molecular formula is C14H11BrClNO2. The number of hydrogen-bond acceptors (Lipinski definition) is 3. The highest BCUT2D eigenvalue weighted by molar-refractivity contribution is 9.10. The van der Waals surface area contributed by atoms with Gasteiger partial charge in [0.05, 0.1) is 10.7 Å². The molecule has 2 rings (SSSR count). The van der Waals surface area contributed by atoms with Gasteiger partial charge in [0.1, 0.15) is 12.4 Å². The third-order valence-electron chi connectivity index (χ3n) is 2.50. The summed E-state index contributed by atoms with van der Waals surface area (Å²) in [5.41, 5.74) is 1.71. The van der Waals surface area contributed by atoms with Gasteiger partial charge in [0, 0.05) is 10.6 Å². The molecule has 0 aliphatic rings. The highest BCUT2D eigenvalue weighted by Crippen LogP contribution is 2.27. The highest BCUT2D eigenvalue weighted by Gasteiger charge is 2.04. The quantitative estimate of drug-likeness (QED) is 0.506. The van der Waals surface area contributed by atoms with Crippen molar-refractivity contribution in [2.45, 2.75) is 6.61 Å². The molecule has 19 heavy (non-hydrogen) atoms. The smallest absolute Gasteiger partial charge is 0.134 e. The molecule has 0 amide bonds. The summed E-state index contributed by atoms with van der Waals surface area (Å²) in [4.78, 5) is 0. The number of benzene rings is 2. The van der Waals surface area contributed by atoms with E-state index in [2.05, 4.69) is 21.1 Å². The van der Waals surface area contributed by atoms with E-state index in [-0.39, 0.29) is 0 Å². The largest absolute Gasteiger partial charge is 0.488 e. The first-order chi connectivity index (χ1) is 9.20. The van der Waals surface area contributed by atoms with Crippen molar-refractivity contribution >= 4 is 33.7 Å². The summed E-state index contributed by atoms with van der Waals surface area (Å²) in [6, 6.07) is 13.0. The molecule has 0 bridgehead atoms. The lowest BCUT2D eigenvalue weighted by Gasteiger charge is -2.09. The van der Waals surface area contributed by atoms with Crippen LogP contribution in [-0.2, 0) is 6.61 Å². The molecule has 0 saturated heterocycles. The van der Waals surface area contributed by atoms with Gasteiger partial charge in [0.15, 0.2) is 0 Å². The van der Waals surface area contributed by atoms with Gasteiger partial charge in [0.2, 0.25) is 0 Å². The van der Waals surface area contributed by atoms with Crippen LogP contribution in [0.5, 0.6) is 5.75 Å². The Morgan fingerprint density at radius 3 is 2.74 bits per heavy atom. The SMILES string of the molecule is O/N=C/c1ccc(OCc2ccccc2Cl)c(Br)c1. The molecule has 2 aromatic rings. The summed E-state index contributed by atoms with van der Waals surface area (Å²) < 4.78 is 6.49. The van der Waals surface area contributed by atoms with Gasteiger partial charge >= 0.3 is 0 Å². The zero-order valence-corrected chi connectivity index (χ0v) is 12.2. The summed E-state index contributed by atoms with van der Waals surface area (Å²) in [7, 11) is 0. The van der Waals surface area contributed by atoms with Crippen LogP contribution >= 0.6 is 27.5 Å². The number of halogens is 2. The third kappa shape index (κ3) is 3.72. The average molecular weight is 341 g/mol. The molecule has 98 valence electrons. The average Bonchev–Trinajstić information content (AvgIpc) is 2.40. The lowest BCUT2D eigenvalue weighted by Crippen LogP contribution is -1.97. The van der Waals surface area contributed by atoms with E-state index in [0.29, 0.717) is 17.4 Å². The van der Waals surface area contributed by atoms with Crippen LogP contribution in [-0.4, -0.2) is 11.4 Å². The molecule has 0 atom stereocenters. The molecule has 1 N–H and O–H groups in total. The van der Waals surface area contributed by atoms with E-state index >= 15 is 0 Å². The second-order valence-corrected chi connectivity index (χ2v) is 5.08. The van der Waals surface area contributed by atoms with Gasteiger partial charge in [-0.15, -0.1) is 0 Å². The van der Waals surface area contributed by atoms with E-state index in [1.807, 2.05) is 30.3 Å². The zero-order chi connectivity index (χ0) is 13.7. The maximum Gasteiger partial charge on any atom is 0.134 e. The van der Waals surface area contributed by atoms with Crippen LogP contribution in [0, 0.1) is 0 Å². The van der Waals surface area contributed by atoms with Crippen molar-refractivity contribution in [3.8, 4) is 5.75 Å². The predicted molar refractivity (Wildman–Crippen MR) is 79.3 cm³/mol. The van der Waals surface area contributed by atoms with Crippen molar-refractivity contribution in [2.75, 3.05) is 0 Å². The molecule has 0 fully saturated rings. The Balaban J connectivity index is 2.10. The van der Waals surface area contributed by atoms with Gasteiger partial charge in [-0.3, -0.25) is 0 Å². The summed E-state index contributed by atoms with van der Waals surface area (Å²) in [5.74, 6) is 0.704. The van der Waals surface area contributed by atoms with E-state index in [1.54, 1.807) is 12.1 Å². The maximum absolute atomic E-state index is 8.47. The van der Waals surface area contributed by atoms with Crippen LogP contribution in [0.1, 0.15) is 11.1 Å². The molecular weight excluding hydrogens is 330 g/mol.